The molecule has 0 saturated carbocycles. The molecule has 0 aromatic carbocycles. The summed E-state index contributed by atoms with van der Waals surface area (Å²) in [5.41, 5.74) is 0.732. The van der Waals surface area contributed by atoms with Gasteiger partial charge in [0.25, 0.3) is 0 Å². The number of nitrogens with zero attached hydrogens (tertiary/aromatic N) is 2. The third-order valence-corrected chi connectivity index (χ3v) is 3.86. The van der Waals surface area contributed by atoms with Crippen LogP contribution in [0.4, 0.5) is 10.5 Å². The Bertz CT molecular complexity index is 527. The van der Waals surface area contributed by atoms with Gasteiger partial charge in [0.05, 0.1) is 6.04 Å². The molecule has 2 aromatic heterocycles. The summed E-state index contributed by atoms with van der Waals surface area (Å²) in [6.07, 6.45) is 3.29. The van der Waals surface area contributed by atoms with Gasteiger partial charge in [-0.1, -0.05) is 6.07 Å². The van der Waals surface area contributed by atoms with Crippen LogP contribution in [0.5, 0.6) is 0 Å². The van der Waals surface area contributed by atoms with Crippen molar-refractivity contribution in [1.29, 1.82) is 0 Å². The molecule has 20 heavy (non-hydrogen) atoms. The molecule has 106 valence electrons. The Morgan fingerprint density at radius 1 is 1.35 bits per heavy atom. The second-order valence-corrected chi connectivity index (χ2v) is 5.55. The van der Waals surface area contributed by atoms with Crippen LogP contribution in [0.3, 0.4) is 0 Å². The van der Waals surface area contributed by atoms with Crippen LogP contribution < -0.4 is 10.6 Å². The van der Waals surface area contributed by atoms with Crippen molar-refractivity contribution in [2.45, 2.75) is 6.04 Å². The van der Waals surface area contributed by atoms with Crippen molar-refractivity contribution in [3.63, 3.8) is 0 Å². The number of pyridine rings is 1. The van der Waals surface area contributed by atoms with Crippen LogP contribution in [0, 0.1) is 0 Å². The molecule has 0 bridgehead atoms. The maximum absolute atomic E-state index is 11.9. The molecule has 0 radical (unpaired) electrons. The van der Waals surface area contributed by atoms with E-state index in [0.29, 0.717) is 6.54 Å². The number of hydrogen-bond acceptors (Lipinski definition) is 4. The normalized spacial score (nSPS) is 12.2. The largest absolute Gasteiger partial charge is 0.336 e. The number of anilines is 1. The number of rotatable bonds is 5. The molecule has 6 heteroatoms. The SMILES string of the molecule is CN(C)[C@H](CNC(=O)Nc1ccncc1)c1cccs1. The summed E-state index contributed by atoms with van der Waals surface area (Å²) in [5, 5.41) is 7.72. The lowest BCUT2D eigenvalue weighted by atomic mass is 10.2. The van der Waals surface area contributed by atoms with E-state index in [1.807, 2.05) is 25.5 Å². The first kappa shape index (κ1) is 14.5. The van der Waals surface area contributed by atoms with E-state index in [1.54, 1.807) is 35.9 Å². The molecule has 2 heterocycles. The number of carbonyl (C=O) groups is 1. The topological polar surface area (TPSA) is 57.3 Å². The highest BCUT2D eigenvalue weighted by atomic mass is 32.1. The number of likely N-dealkylation sites (N-methyl/N-ethyl adjacent to an activating group) is 1. The van der Waals surface area contributed by atoms with Crippen molar-refractivity contribution in [3.05, 3.63) is 46.9 Å². The van der Waals surface area contributed by atoms with Gasteiger partial charge in [-0.3, -0.25) is 4.98 Å². The van der Waals surface area contributed by atoms with Gasteiger partial charge in [-0.2, -0.15) is 0 Å². The number of carbonyl (C=O) groups excluding carboxylic acids is 1. The predicted octanol–water partition coefficient (Wildman–Crippen LogP) is 2.57. The maximum Gasteiger partial charge on any atom is 0.319 e. The lowest BCUT2D eigenvalue weighted by Gasteiger charge is -2.23. The van der Waals surface area contributed by atoms with Crippen LogP contribution in [0.15, 0.2) is 42.0 Å². The summed E-state index contributed by atoms with van der Waals surface area (Å²) in [7, 11) is 4.01. The fraction of sp³-hybridized carbons (Fsp3) is 0.286. The van der Waals surface area contributed by atoms with Gasteiger partial charge in [-0.15, -0.1) is 11.3 Å². The van der Waals surface area contributed by atoms with Crippen LogP contribution in [-0.2, 0) is 0 Å². The molecular weight excluding hydrogens is 272 g/mol. The minimum atomic E-state index is -0.209. The van der Waals surface area contributed by atoms with Gasteiger partial charge in [0.15, 0.2) is 0 Å². The van der Waals surface area contributed by atoms with Crippen molar-refractivity contribution < 1.29 is 4.79 Å². The average Bonchev–Trinajstić information content (AvgIpc) is 2.93. The van der Waals surface area contributed by atoms with Gasteiger partial charge in [0, 0.05) is 29.5 Å². The Hall–Kier alpha value is -1.92. The highest BCUT2D eigenvalue weighted by Gasteiger charge is 2.16. The molecule has 0 unspecified atom stereocenters. The highest BCUT2D eigenvalue weighted by molar-refractivity contribution is 7.10. The zero-order chi connectivity index (χ0) is 14.4. The molecule has 0 aliphatic carbocycles. The number of hydrogen-bond donors (Lipinski definition) is 2. The third-order valence-electron chi connectivity index (χ3n) is 2.89. The summed E-state index contributed by atoms with van der Waals surface area (Å²) >= 11 is 1.69. The first-order valence-corrected chi connectivity index (χ1v) is 7.19. The second kappa shape index (κ2) is 7.02. The third kappa shape index (κ3) is 4.04. The molecule has 0 aliphatic rings. The van der Waals surface area contributed by atoms with E-state index >= 15 is 0 Å². The van der Waals surface area contributed by atoms with Gasteiger partial charge in [0.2, 0.25) is 0 Å². The smallest absolute Gasteiger partial charge is 0.319 e. The molecule has 5 nitrogen and oxygen atoms in total. The van der Waals surface area contributed by atoms with Crippen molar-refractivity contribution in [2.75, 3.05) is 26.0 Å². The fourth-order valence-electron chi connectivity index (χ4n) is 1.82. The molecule has 2 amide bonds. The van der Waals surface area contributed by atoms with Crippen molar-refractivity contribution in [2.24, 2.45) is 0 Å². The Labute approximate surface area is 122 Å². The monoisotopic (exact) mass is 290 g/mol. The maximum atomic E-state index is 11.9. The van der Waals surface area contributed by atoms with Gasteiger partial charge in [-0.05, 0) is 37.7 Å². The minimum Gasteiger partial charge on any atom is -0.336 e. The first-order chi connectivity index (χ1) is 9.66. The van der Waals surface area contributed by atoms with Gasteiger partial charge in [0.1, 0.15) is 0 Å². The Kier molecular flexibility index (Phi) is 5.09. The van der Waals surface area contributed by atoms with E-state index in [-0.39, 0.29) is 12.1 Å². The standard InChI is InChI=1S/C14H18N4OS/c1-18(2)12(13-4-3-9-20-13)10-16-14(19)17-11-5-7-15-8-6-11/h3-9,12H,10H2,1-2H3,(H2,15,16,17,19)/t12-/m1/s1. The summed E-state index contributed by atoms with van der Waals surface area (Å²) in [6, 6.07) is 7.58. The Morgan fingerprint density at radius 2 is 2.10 bits per heavy atom. The fourth-order valence-corrected chi connectivity index (χ4v) is 2.74. The summed E-state index contributed by atoms with van der Waals surface area (Å²) in [4.78, 5) is 19.1. The number of aromatic nitrogens is 1. The number of nitrogens with one attached hydrogen (secondary N) is 2. The second-order valence-electron chi connectivity index (χ2n) is 4.57. The Balaban J connectivity index is 1.88. The van der Waals surface area contributed by atoms with Gasteiger partial charge in [-0.25, -0.2) is 4.79 Å². The van der Waals surface area contributed by atoms with E-state index in [0.717, 1.165) is 5.69 Å². The number of thiophene rings is 1. The van der Waals surface area contributed by atoms with Crippen molar-refractivity contribution in [1.82, 2.24) is 15.2 Å². The van der Waals surface area contributed by atoms with Crippen molar-refractivity contribution in [3.8, 4) is 0 Å². The van der Waals surface area contributed by atoms with Crippen LogP contribution in [-0.4, -0.2) is 36.6 Å². The minimum absolute atomic E-state index is 0.179. The molecule has 2 N–H and O–H groups in total. The predicted molar refractivity (Wildman–Crippen MR) is 82.0 cm³/mol. The summed E-state index contributed by atoms with van der Waals surface area (Å²) < 4.78 is 0. The van der Waals surface area contributed by atoms with E-state index in [9.17, 15) is 4.79 Å². The first-order valence-electron chi connectivity index (χ1n) is 6.31. The van der Waals surface area contributed by atoms with Crippen LogP contribution >= 0.6 is 11.3 Å². The molecule has 0 aliphatic heterocycles. The van der Waals surface area contributed by atoms with E-state index in [1.165, 1.54) is 4.88 Å². The van der Waals surface area contributed by atoms with Gasteiger partial charge >= 0.3 is 6.03 Å². The number of urea groups is 1. The molecule has 0 spiro atoms. The summed E-state index contributed by atoms with van der Waals surface area (Å²) in [5.74, 6) is 0. The zero-order valence-corrected chi connectivity index (χ0v) is 12.4. The number of amides is 2. The lowest BCUT2D eigenvalue weighted by molar-refractivity contribution is 0.244. The highest BCUT2D eigenvalue weighted by Crippen LogP contribution is 2.22. The molecular formula is C14H18N4OS. The van der Waals surface area contributed by atoms with Crippen LogP contribution in [0.25, 0.3) is 0 Å². The van der Waals surface area contributed by atoms with E-state index in [2.05, 4.69) is 26.6 Å². The molecule has 0 fully saturated rings. The lowest BCUT2D eigenvalue weighted by Crippen LogP contribution is -2.36. The van der Waals surface area contributed by atoms with Gasteiger partial charge < -0.3 is 15.5 Å². The molecule has 1 atom stereocenters. The van der Waals surface area contributed by atoms with Crippen LogP contribution in [0.2, 0.25) is 0 Å². The molecule has 2 rings (SSSR count). The Morgan fingerprint density at radius 3 is 2.70 bits per heavy atom. The van der Waals surface area contributed by atoms with Crippen LogP contribution in [0.1, 0.15) is 10.9 Å². The van der Waals surface area contributed by atoms with E-state index in [4.69, 9.17) is 0 Å². The van der Waals surface area contributed by atoms with E-state index < -0.39 is 0 Å². The molecule has 0 saturated heterocycles. The summed E-state index contributed by atoms with van der Waals surface area (Å²) in [6.45, 7) is 0.560. The quantitative estimate of drug-likeness (QED) is 0.890. The van der Waals surface area contributed by atoms with Crippen molar-refractivity contribution >= 4 is 23.1 Å². The molecule has 2 aromatic rings. The average molecular weight is 290 g/mol. The zero-order valence-electron chi connectivity index (χ0n) is 11.5.